The maximum absolute atomic E-state index is 10.5. The summed E-state index contributed by atoms with van der Waals surface area (Å²) in [4.78, 5) is 10.5. The van der Waals surface area contributed by atoms with Gasteiger partial charge in [0.1, 0.15) is 0 Å². The smallest absolute Gasteiger partial charge is 0.359 e. The second-order valence-corrected chi connectivity index (χ2v) is 2.61. The number of aromatic nitrogens is 3. The Hall–Kier alpha value is -1.14. The number of hydrogen-bond donors (Lipinski definition) is 1. The zero-order valence-electron chi connectivity index (χ0n) is 6.90. The van der Waals surface area contributed by atoms with E-state index in [-0.39, 0.29) is 10.8 Å². The molecule has 0 amide bonds. The molecule has 0 fully saturated rings. The quantitative estimate of drug-likeness (QED) is 0.764. The molecule has 0 saturated heterocycles. The number of hydrogen-bond acceptors (Lipinski definition) is 4. The summed E-state index contributed by atoms with van der Waals surface area (Å²) in [5.74, 6) is -1.19. The average Bonchev–Trinajstić information content (AvgIpc) is 2.43. The molecule has 1 aromatic heterocycles. The topological polar surface area (TPSA) is 77.2 Å². The lowest BCUT2D eigenvalue weighted by atomic mass is 10.5. The fraction of sp³-hybridized carbons (Fsp3) is 0.500. The Labute approximate surface area is 79.1 Å². The third-order valence-corrected chi connectivity index (χ3v) is 1.76. The van der Waals surface area contributed by atoms with E-state index in [1.807, 2.05) is 0 Å². The Balaban J connectivity index is 2.80. The minimum atomic E-state index is -1.19. The predicted octanol–water partition coefficient (Wildman–Crippen LogP) is 0.276. The van der Waals surface area contributed by atoms with E-state index in [1.165, 1.54) is 11.8 Å². The molecule has 1 aromatic rings. The van der Waals surface area contributed by atoms with E-state index < -0.39 is 5.97 Å². The molecule has 0 aliphatic carbocycles. The van der Waals surface area contributed by atoms with E-state index in [2.05, 4.69) is 10.3 Å². The summed E-state index contributed by atoms with van der Waals surface area (Å²) in [6.07, 6.45) is 0. The largest absolute Gasteiger partial charge is 0.476 e. The zero-order chi connectivity index (χ0) is 9.84. The second-order valence-electron chi connectivity index (χ2n) is 2.25. The Kier molecular flexibility index (Phi) is 3.21. The van der Waals surface area contributed by atoms with Gasteiger partial charge in [0.2, 0.25) is 5.69 Å². The average molecular weight is 206 g/mol. The third kappa shape index (κ3) is 2.16. The molecule has 0 atom stereocenters. The fourth-order valence-electron chi connectivity index (χ4n) is 0.753. The van der Waals surface area contributed by atoms with Crippen molar-refractivity contribution in [2.45, 2.75) is 6.54 Å². The van der Waals surface area contributed by atoms with Gasteiger partial charge in [-0.3, -0.25) is 0 Å². The zero-order valence-corrected chi connectivity index (χ0v) is 7.65. The summed E-state index contributed by atoms with van der Waals surface area (Å²) in [6, 6.07) is 0. The number of carboxylic acids is 1. The summed E-state index contributed by atoms with van der Waals surface area (Å²) in [6.45, 7) is 0.789. The molecule has 0 unspecified atom stereocenters. The first-order valence-corrected chi connectivity index (χ1v) is 3.86. The van der Waals surface area contributed by atoms with Crippen LogP contribution in [0.1, 0.15) is 10.5 Å². The van der Waals surface area contributed by atoms with Crippen LogP contribution in [0.3, 0.4) is 0 Å². The first-order valence-electron chi connectivity index (χ1n) is 3.48. The Bertz CT molecular complexity index is 312. The molecule has 1 heterocycles. The molecule has 13 heavy (non-hydrogen) atoms. The molecule has 0 aliphatic rings. The highest BCUT2D eigenvalue weighted by Gasteiger charge is 2.16. The van der Waals surface area contributed by atoms with Gasteiger partial charge in [-0.1, -0.05) is 16.8 Å². The number of carbonyl (C=O) groups is 1. The second kappa shape index (κ2) is 4.20. The number of nitrogens with zero attached hydrogens (tertiary/aromatic N) is 3. The molecular formula is C6H8ClN3O3. The van der Waals surface area contributed by atoms with Gasteiger partial charge < -0.3 is 9.84 Å². The van der Waals surface area contributed by atoms with Gasteiger partial charge in [0.15, 0.2) is 5.15 Å². The van der Waals surface area contributed by atoms with Gasteiger partial charge in [-0.05, 0) is 0 Å². The summed E-state index contributed by atoms with van der Waals surface area (Å²) >= 11 is 5.66. The normalized spacial score (nSPS) is 10.3. The van der Waals surface area contributed by atoms with Gasteiger partial charge in [0.25, 0.3) is 0 Å². The van der Waals surface area contributed by atoms with E-state index in [9.17, 15) is 4.79 Å². The Morgan fingerprint density at radius 1 is 1.77 bits per heavy atom. The summed E-state index contributed by atoms with van der Waals surface area (Å²) in [7, 11) is 1.53. The lowest BCUT2D eigenvalue weighted by molar-refractivity contribution is 0.0690. The van der Waals surface area contributed by atoms with Crippen molar-refractivity contribution in [2.75, 3.05) is 13.7 Å². The van der Waals surface area contributed by atoms with Crippen LogP contribution in [0.4, 0.5) is 0 Å². The molecule has 7 heteroatoms. The number of carboxylic acid groups (broad SMARTS) is 1. The van der Waals surface area contributed by atoms with Gasteiger partial charge in [0, 0.05) is 7.11 Å². The van der Waals surface area contributed by atoms with Gasteiger partial charge in [0.05, 0.1) is 13.2 Å². The van der Waals surface area contributed by atoms with E-state index >= 15 is 0 Å². The van der Waals surface area contributed by atoms with E-state index in [0.29, 0.717) is 13.2 Å². The van der Waals surface area contributed by atoms with Crippen LogP contribution in [0.15, 0.2) is 0 Å². The van der Waals surface area contributed by atoms with Crippen molar-refractivity contribution in [1.82, 2.24) is 15.0 Å². The van der Waals surface area contributed by atoms with Gasteiger partial charge in [-0.25, -0.2) is 9.48 Å². The minimum absolute atomic E-state index is 0.0181. The van der Waals surface area contributed by atoms with Crippen LogP contribution in [0.25, 0.3) is 0 Å². The molecule has 0 radical (unpaired) electrons. The number of rotatable bonds is 4. The van der Waals surface area contributed by atoms with Crippen molar-refractivity contribution < 1.29 is 14.6 Å². The highest BCUT2D eigenvalue weighted by atomic mass is 35.5. The van der Waals surface area contributed by atoms with E-state index in [0.717, 1.165) is 0 Å². The molecular weight excluding hydrogens is 198 g/mol. The van der Waals surface area contributed by atoms with Crippen molar-refractivity contribution in [2.24, 2.45) is 0 Å². The van der Waals surface area contributed by atoms with Crippen molar-refractivity contribution in [3.8, 4) is 0 Å². The van der Waals surface area contributed by atoms with E-state index in [4.69, 9.17) is 21.4 Å². The van der Waals surface area contributed by atoms with Crippen molar-refractivity contribution in [3.05, 3.63) is 10.8 Å². The summed E-state index contributed by atoms with van der Waals surface area (Å²) in [5, 5.41) is 15.5. The number of methoxy groups -OCH3 is 1. The van der Waals surface area contributed by atoms with Crippen molar-refractivity contribution in [3.63, 3.8) is 0 Å². The summed E-state index contributed by atoms with van der Waals surface area (Å²) < 4.78 is 6.05. The highest BCUT2D eigenvalue weighted by Crippen LogP contribution is 2.11. The number of ether oxygens (including phenoxy) is 1. The number of aromatic carboxylic acids is 1. The van der Waals surface area contributed by atoms with Gasteiger partial charge in [-0.2, -0.15) is 0 Å². The first-order chi connectivity index (χ1) is 6.16. The SMILES string of the molecule is COCCn1nnc(C(=O)O)c1Cl. The first kappa shape index (κ1) is 9.94. The highest BCUT2D eigenvalue weighted by molar-refractivity contribution is 6.32. The molecule has 0 aliphatic heterocycles. The van der Waals surface area contributed by atoms with Crippen LogP contribution in [0.5, 0.6) is 0 Å². The van der Waals surface area contributed by atoms with Crippen LogP contribution < -0.4 is 0 Å². The molecule has 0 bridgehead atoms. The Morgan fingerprint density at radius 2 is 2.46 bits per heavy atom. The molecule has 0 spiro atoms. The maximum atomic E-state index is 10.5. The molecule has 0 saturated carbocycles. The van der Waals surface area contributed by atoms with E-state index in [1.54, 1.807) is 0 Å². The van der Waals surface area contributed by atoms with Crippen LogP contribution in [0, 0.1) is 0 Å². The van der Waals surface area contributed by atoms with Crippen LogP contribution in [-0.2, 0) is 11.3 Å². The molecule has 72 valence electrons. The maximum Gasteiger partial charge on any atom is 0.359 e. The number of halogens is 1. The van der Waals surface area contributed by atoms with Gasteiger partial charge >= 0.3 is 5.97 Å². The third-order valence-electron chi connectivity index (χ3n) is 1.38. The summed E-state index contributed by atoms with van der Waals surface area (Å²) in [5.41, 5.74) is -0.238. The fourth-order valence-corrected chi connectivity index (χ4v) is 0.990. The van der Waals surface area contributed by atoms with Crippen LogP contribution >= 0.6 is 11.6 Å². The Morgan fingerprint density at radius 3 is 2.92 bits per heavy atom. The van der Waals surface area contributed by atoms with Gasteiger partial charge in [-0.15, -0.1) is 5.10 Å². The molecule has 1 N–H and O–H groups in total. The molecule has 1 rings (SSSR count). The van der Waals surface area contributed by atoms with Crippen molar-refractivity contribution in [1.29, 1.82) is 0 Å². The van der Waals surface area contributed by atoms with Crippen LogP contribution in [0.2, 0.25) is 5.15 Å². The standard InChI is InChI=1S/C6H8ClN3O3/c1-13-3-2-10-5(7)4(6(11)12)8-9-10/h2-3H2,1H3,(H,11,12). The predicted molar refractivity (Wildman–Crippen MR) is 43.9 cm³/mol. The lowest BCUT2D eigenvalue weighted by Crippen LogP contribution is -2.06. The molecule has 0 aromatic carbocycles. The monoisotopic (exact) mass is 205 g/mol. The minimum Gasteiger partial charge on any atom is -0.476 e. The molecule has 6 nitrogen and oxygen atoms in total. The van der Waals surface area contributed by atoms with Crippen LogP contribution in [-0.4, -0.2) is 39.8 Å². The lowest BCUT2D eigenvalue weighted by Gasteiger charge is -1.99. The van der Waals surface area contributed by atoms with Crippen molar-refractivity contribution >= 4 is 17.6 Å².